The Hall–Kier alpha value is -1.55. The van der Waals surface area contributed by atoms with Gasteiger partial charge in [0.05, 0.1) is 0 Å². The fourth-order valence-electron chi connectivity index (χ4n) is 2.42. The number of hydrogen-bond acceptors (Lipinski definition) is 3. The molecule has 0 aliphatic carbocycles. The van der Waals surface area contributed by atoms with Crippen molar-refractivity contribution in [2.45, 2.75) is 19.9 Å². The van der Waals surface area contributed by atoms with E-state index in [-0.39, 0.29) is 11.9 Å². The molecule has 2 rings (SSSR count). The molecule has 98 valence electrons. The topological polar surface area (TPSA) is 49.6 Å². The molecule has 0 saturated carbocycles. The van der Waals surface area contributed by atoms with Crippen LogP contribution >= 0.6 is 0 Å². The van der Waals surface area contributed by atoms with E-state index in [1.807, 2.05) is 30.0 Å². The Kier molecular flexibility index (Phi) is 3.57. The average Bonchev–Trinajstić information content (AvgIpc) is 2.32. The van der Waals surface area contributed by atoms with E-state index in [1.165, 1.54) is 0 Å². The summed E-state index contributed by atoms with van der Waals surface area (Å²) in [6.45, 7) is 6.68. The first-order valence-electron chi connectivity index (χ1n) is 6.34. The van der Waals surface area contributed by atoms with Crippen LogP contribution in [-0.4, -0.2) is 48.4 Å². The lowest BCUT2D eigenvalue weighted by molar-refractivity contribution is 0.0533. The van der Waals surface area contributed by atoms with Gasteiger partial charge >= 0.3 is 0 Å². The molecule has 0 aromatic heterocycles. The molecule has 1 fully saturated rings. The molecule has 1 aliphatic heterocycles. The number of carbonyl (C=O) groups excluding carboxylic acids is 1. The second-order valence-electron chi connectivity index (χ2n) is 5.18. The predicted molar refractivity (Wildman–Crippen MR) is 73.6 cm³/mol. The molecule has 0 radical (unpaired) electrons. The van der Waals surface area contributed by atoms with Gasteiger partial charge in [0.1, 0.15) is 0 Å². The number of likely N-dealkylation sites (N-methyl/N-ethyl adjacent to an activating group) is 1. The van der Waals surface area contributed by atoms with Gasteiger partial charge in [-0.2, -0.15) is 0 Å². The van der Waals surface area contributed by atoms with Gasteiger partial charge in [0.15, 0.2) is 0 Å². The largest absolute Gasteiger partial charge is 0.399 e. The average molecular weight is 247 g/mol. The van der Waals surface area contributed by atoms with Crippen molar-refractivity contribution in [3.8, 4) is 0 Å². The third kappa shape index (κ3) is 2.48. The first-order chi connectivity index (χ1) is 8.49. The molecular formula is C14H21N3O. The van der Waals surface area contributed by atoms with Crippen LogP contribution < -0.4 is 5.73 Å². The monoisotopic (exact) mass is 247 g/mol. The number of amides is 1. The van der Waals surface area contributed by atoms with Crippen molar-refractivity contribution in [1.29, 1.82) is 0 Å². The summed E-state index contributed by atoms with van der Waals surface area (Å²) in [5.41, 5.74) is 8.21. The summed E-state index contributed by atoms with van der Waals surface area (Å²) in [4.78, 5) is 16.6. The Morgan fingerprint density at radius 3 is 2.72 bits per heavy atom. The van der Waals surface area contributed by atoms with Crippen LogP contribution in [0.5, 0.6) is 0 Å². The lowest BCUT2D eigenvalue weighted by Gasteiger charge is -2.38. The van der Waals surface area contributed by atoms with Crippen LogP contribution in [0.3, 0.4) is 0 Å². The molecule has 0 spiro atoms. The van der Waals surface area contributed by atoms with Gasteiger partial charge in [0.25, 0.3) is 5.91 Å². The fraction of sp³-hybridized carbons (Fsp3) is 0.500. The zero-order valence-corrected chi connectivity index (χ0v) is 11.3. The van der Waals surface area contributed by atoms with E-state index >= 15 is 0 Å². The number of carbonyl (C=O) groups is 1. The molecular weight excluding hydrogens is 226 g/mol. The van der Waals surface area contributed by atoms with E-state index in [2.05, 4.69) is 18.9 Å². The highest BCUT2D eigenvalue weighted by atomic mass is 16.2. The van der Waals surface area contributed by atoms with Gasteiger partial charge < -0.3 is 15.5 Å². The quantitative estimate of drug-likeness (QED) is 0.762. The summed E-state index contributed by atoms with van der Waals surface area (Å²) in [5, 5.41) is 0. The van der Waals surface area contributed by atoms with Crippen LogP contribution in [0.25, 0.3) is 0 Å². The predicted octanol–water partition coefficient (Wildman–Crippen LogP) is 1.35. The number of benzene rings is 1. The van der Waals surface area contributed by atoms with Crippen molar-refractivity contribution in [3.05, 3.63) is 29.3 Å². The van der Waals surface area contributed by atoms with Gasteiger partial charge in [-0.25, -0.2) is 0 Å². The smallest absolute Gasteiger partial charge is 0.254 e. The number of hydrogen-bond donors (Lipinski definition) is 1. The Labute approximate surface area is 108 Å². The molecule has 1 unspecified atom stereocenters. The zero-order valence-electron chi connectivity index (χ0n) is 11.3. The van der Waals surface area contributed by atoms with Crippen LogP contribution in [0.1, 0.15) is 22.8 Å². The molecule has 4 heteroatoms. The van der Waals surface area contributed by atoms with Crippen LogP contribution in [0, 0.1) is 6.92 Å². The van der Waals surface area contributed by atoms with E-state index in [0.717, 1.165) is 36.4 Å². The zero-order chi connectivity index (χ0) is 13.3. The highest BCUT2D eigenvalue weighted by Crippen LogP contribution is 2.17. The summed E-state index contributed by atoms with van der Waals surface area (Å²) in [5.74, 6) is 0.110. The van der Waals surface area contributed by atoms with E-state index in [4.69, 9.17) is 5.73 Å². The molecule has 1 aromatic carbocycles. The molecule has 1 aliphatic rings. The minimum atomic E-state index is 0.110. The molecule has 1 saturated heterocycles. The van der Waals surface area contributed by atoms with E-state index < -0.39 is 0 Å². The SMILES string of the molecule is Cc1cc(C(=O)N2CCN(C)CC2C)ccc1N. The second-order valence-corrected chi connectivity index (χ2v) is 5.18. The number of nitrogens with zero attached hydrogens (tertiary/aromatic N) is 2. The van der Waals surface area contributed by atoms with Crippen molar-refractivity contribution in [1.82, 2.24) is 9.80 Å². The minimum Gasteiger partial charge on any atom is -0.399 e. The van der Waals surface area contributed by atoms with Crippen molar-refractivity contribution >= 4 is 11.6 Å². The number of anilines is 1. The van der Waals surface area contributed by atoms with E-state index in [0.29, 0.717) is 0 Å². The molecule has 18 heavy (non-hydrogen) atoms. The first kappa shape index (κ1) is 12.9. The molecule has 1 heterocycles. The van der Waals surface area contributed by atoms with Crippen molar-refractivity contribution in [2.75, 3.05) is 32.4 Å². The van der Waals surface area contributed by atoms with Gasteiger partial charge in [0.2, 0.25) is 0 Å². The molecule has 1 aromatic rings. The van der Waals surface area contributed by atoms with Gasteiger partial charge in [-0.15, -0.1) is 0 Å². The lowest BCUT2D eigenvalue weighted by atomic mass is 10.1. The summed E-state index contributed by atoms with van der Waals surface area (Å²) in [6, 6.07) is 5.76. The van der Waals surface area contributed by atoms with Gasteiger partial charge in [-0.05, 0) is 44.7 Å². The van der Waals surface area contributed by atoms with Crippen LogP contribution in [-0.2, 0) is 0 Å². The molecule has 2 N–H and O–H groups in total. The maximum Gasteiger partial charge on any atom is 0.254 e. The third-order valence-electron chi connectivity index (χ3n) is 3.61. The van der Waals surface area contributed by atoms with Crippen LogP contribution in [0.15, 0.2) is 18.2 Å². The number of piperazine rings is 1. The molecule has 1 amide bonds. The standard InChI is InChI=1S/C14H21N3O/c1-10-8-12(4-5-13(10)15)14(18)17-7-6-16(3)9-11(17)2/h4-5,8,11H,6-7,9,15H2,1-3H3. The molecule has 0 bridgehead atoms. The van der Waals surface area contributed by atoms with Crippen molar-refractivity contribution in [3.63, 3.8) is 0 Å². The Morgan fingerprint density at radius 2 is 2.11 bits per heavy atom. The maximum atomic E-state index is 12.4. The lowest BCUT2D eigenvalue weighted by Crippen LogP contribution is -2.52. The van der Waals surface area contributed by atoms with Crippen molar-refractivity contribution < 1.29 is 4.79 Å². The summed E-state index contributed by atoms with van der Waals surface area (Å²) >= 11 is 0. The Morgan fingerprint density at radius 1 is 1.39 bits per heavy atom. The molecule has 4 nitrogen and oxygen atoms in total. The minimum absolute atomic E-state index is 0.110. The van der Waals surface area contributed by atoms with E-state index in [1.54, 1.807) is 0 Å². The van der Waals surface area contributed by atoms with Crippen LogP contribution in [0.4, 0.5) is 5.69 Å². The normalized spacial score (nSPS) is 21.1. The Balaban J connectivity index is 2.18. The fourth-order valence-corrected chi connectivity index (χ4v) is 2.42. The van der Waals surface area contributed by atoms with Gasteiger partial charge in [0, 0.05) is 36.9 Å². The van der Waals surface area contributed by atoms with Crippen LogP contribution in [0.2, 0.25) is 0 Å². The summed E-state index contributed by atoms with van der Waals surface area (Å²) in [6.07, 6.45) is 0. The van der Waals surface area contributed by atoms with Gasteiger partial charge in [-0.1, -0.05) is 0 Å². The molecule has 1 atom stereocenters. The number of rotatable bonds is 1. The van der Waals surface area contributed by atoms with Crippen molar-refractivity contribution in [2.24, 2.45) is 0 Å². The Bertz CT molecular complexity index is 458. The summed E-state index contributed by atoms with van der Waals surface area (Å²) < 4.78 is 0. The number of nitrogen functional groups attached to an aromatic ring is 1. The first-order valence-corrected chi connectivity index (χ1v) is 6.34. The highest BCUT2D eigenvalue weighted by molar-refractivity contribution is 5.95. The van der Waals surface area contributed by atoms with Gasteiger partial charge in [-0.3, -0.25) is 4.79 Å². The third-order valence-corrected chi connectivity index (χ3v) is 3.61. The highest BCUT2D eigenvalue weighted by Gasteiger charge is 2.26. The number of nitrogens with two attached hydrogens (primary N) is 1. The van der Waals surface area contributed by atoms with E-state index in [9.17, 15) is 4.79 Å². The second kappa shape index (κ2) is 4.98. The maximum absolute atomic E-state index is 12.4. The summed E-state index contributed by atoms with van der Waals surface area (Å²) in [7, 11) is 2.09. The number of aryl methyl sites for hydroxylation is 1.